The summed E-state index contributed by atoms with van der Waals surface area (Å²) < 4.78 is 109. The van der Waals surface area contributed by atoms with Crippen molar-refractivity contribution >= 4 is 11.6 Å². The topological polar surface area (TPSA) is 9.23 Å². The fraction of sp³-hybridized carbons (Fsp3) is 0.333. The van der Waals surface area contributed by atoms with Crippen LogP contribution < -0.4 is 4.74 Å². The summed E-state index contributed by atoms with van der Waals surface area (Å²) in [5, 5.41) is -0.126. The predicted molar refractivity (Wildman–Crippen MR) is 162 cm³/mol. The van der Waals surface area contributed by atoms with Gasteiger partial charge >= 0.3 is 6.11 Å². The Hall–Kier alpha value is -3.52. The Morgan fingerprint density at radius 3 is 1.84 bits per heavy atom. The SMILES string of the molecule is CCCCCC1CCC(c2cc(F)c(C(F)(F)Oc3ccc(-c4ccc(-c5ccc(Cl)c(F)c5)c(F)c4)c(F)c3)c(F)c2)CC1. The molecule has 1 aliphatic rings. The lowest BCUT2D eigenvalue weighted by molar-refractivity contribution is -0.189. The molecule has 0 heterocycles. The number of alkyl halides is 2. The van der Waals surface area contributed by atoms with E-state index in [1.165, 1.54) is 30.7 Å². The van der Waals surface area contributed by atoms with Crippen LogP contribution in [-0.2, 0) is 6.11 Å². The van der Waals surface area contributed by atoms with Crippen LogP contribution in [0.3, 0.4) is 0 Å². The minimum absolute atomic E-state index is 0.0412. The summed E-state index contributed by atoms with van der Waals surface area (Å²) in [4.78, 5) is 0. The smallest absolute Gasteiger partial charge is 0.429 e. The van der Waals surface area contributed by atoms with Gasteiger partial charge in [0.05, 0.1) is 5.02 Å². The van der Waals surface area contributed by atoms with Gasteiger partial charge in [-0.15, -0.1) is 0 Å². The molecule has 0 radical (unpaired) electrons. The van der Waals surface area contributed by atoms with Crippen molar-refractivity contribution in [1.82, 2.24) is 0 Å². The van der Waals surface area contributed by atoms with Gasteiger partial charge in [0, 0.05) is 17.2 Å². The van der Waals surface area contributed by atoms with Crippen molar-refractivity contribution in [2.45, 2.75) is 70.3 Å². The quantitative estimate of drug-likeness (QED) is 0.123. The number of halogens is 8. The highest BCUT2D eigenvalue weighted by Crippen LogP contribution is 2.42. The molecule has 0 amide bonds. The second-order valence-corrected chi connectivity index (χ2v) is 12.1. The fourth-order valence-corrected chi connectivity index (χ4v) is 6.26. The van der Waals surface area contributed by atoms with E-state index in [1.54, 1.807) is 0 Å². The Labute approximate surface area is 263 Å². The van der Waals surface area contributed by atoms with Gasteiger partial charge in [-0.1, -0.05) is 62.4 Å². The van der Waals surface area contributed by atoms with Gasteiger partial charge in [0.25, 0.3) is 0 Å². The van der Waals surface area contributed by atoms with E-state index >= 15 is 22.0 Å². The van der Waals surface area contributed by atoms with Gasteiger partial charge in [-0.2, -0.15) is 8.78 Å². The molecule has 4 aromatic rings. The molecule has 4 aromatic carbocycles. The largest absolute Gasteiger partial charge is 0.432 e. The minimum Gasteiger partial charge on any atom is -0.429 e. The normalized spacial score (nSPS) is 17.0. The molecule has 1 saturated carbocycles. The molecule has 238 valence electrons. The number of unbranched alkanes of at least 4 members (excludes halogenated alkanes) is 2. The summed E-state index contributed by atoms with van der Waals surface area (Å²) in [6, 6.07) is 12.1. The predicted octanol–water partition coefficient (Wildman–Crippen LogP) is 12.4. The van der Waals surface area contributed by atoms with E-state index in [9.17, 15) is 8.78 Å². The summed E-state index contributed by atoms with van der Waals surface area (Å²) in [6.45, 7) is 2.15. The molecule has 0 aliphatic heterocycles. The summed E-state index contributed by atoms with van der Waals surface area (Å²) in [5.74, 6) is -5.65. The van der Waals surface area contributed by atoms with Gasteiger partial charge in [-0.25, -0.2) is 22.0 Å². The van der Waals surface area contributed by atoms with Crippen molar-refractivity contribution in [3.05, 3.63) is 112 Å². The molecule has 0 spiro atoms. The van der Waals surface area contributed by atoms with Gasteiger partial charge in [0.2, 0.25) is 0 Å². The van der Waals surface area contributed by atoms with E-state index in [4.69, 9.17) is 11.6 Å². The molecule has 5 rings (SSSR count). The summed E-state index contributed by atoms with van der Waals surface area (Å²) >= 11 is 5.68. The van der Waals surface area contributed by atoms with E-state index < -0.39 is 46.5 Å². The van der Waals surface area contributed by atoms with E-state index in [0.29, 0.717) is 17.5 Å². The van der Waals surface area contributed by atoms with Crippen LogP contribution in [0.4, 0.5) is 30.7 Å². The van der Waals surface area contributed by atoms with Crippen LogP contribution in [0.25, 0.3) is 22.3 Å². The maximum atomic E-state index is 15.1. The molecule has 45 heavy (non-hydrogen) atoms. The molecule has 0 atom stereocenters. The monoisotopic (exact) mass is 648 g/mol. The maximum absolute atomic E-state index is 15.1. The average molecular weight is 649 g/mol. The molecule has 1 aliphatic carbocycles. The van der Waals surface area contributed by atoms with Gasteiger partial charge in [-0.3, -0.25) is 0 Å². The molecule has 0 bridgehead atoms. The Kier molecular flexibility index (Phi) is 10.1. The molecule has 0 aromatic heterocycles. The summed E-state index contributed by atoms with van der Waals surface area (Å²) in [6.07, 6.45) is 3.49. The van der Waals surface area contributed by atoms with Crippen molar-refractivity contribution in [3.8, 4) is 28.0 Å². The highest BCUT2D eigenvalue weighted by molar-refractivity contribution is 6.30. The van der Waals surface area contributed by atoms with Crippen LogP contribution in [0.1, 0.15) is 75.3 Å². The van der Waals surface area contributed by atoms with Gasteiger partial charge in [-0.05, 0) is 96.7 Å². The zero-order chi connectivity index (χ0) is 32.3. The zero-order valence-electron chi connectivity index (χ0n) is 24.6. The molecule has 0 saturated heterocycles. The first-order valence-electron chi connectivity index (χ1n) is 15.1. The molecular formula is C36H32ClF7O. The summed E-state index contributed by atoms with van der Waals surface area (Å²) in [5.41, 5.74) is -1.03. The van der Waals surface area contributed by atoms with Crippen LogP contribution >= 0.6 is 11.6 Å². The van der Waals surface area contributed by atoms with Crippen molar-refractivity contribution in [2.24, 2.45) is 5.92 Å². The van der Waals surface area contributed by atoms with E-state index in [-0.39, 0.29) is 33.2 Å². The standard InChI is InChI=1S/C36H32ClF7O/c1-2-3-4-5-21-6-8-22(9-7-21)25-18-33(41)35(34(42)19-25)36(43,44)45-26-12-14-28(31(39)20-26)23-10-13-27(30(38)16-23)24-11-15-29(37)32(40)17-24/h10-22H,2-9H2,1H3. The first kappa shape index (κ1) is 32.9. The van der Waals surface area contributed by atoms with Gasteiger partial charge in [0.1, 0.15) is 40.4 Å². The molecule has 1 nitrogen and oxygen atoms in total. The van der Waals surface area contributed by atoms with Crippen LogP contribution in [0.5, 0.6) is 5.75 Å². The van der Waals surface area contributed by atoms with Crippen molar-refractivity contribution in [1.29, 1.82) is 0 Å². The number of hydrogen-bond donors (Lipinski definition) is 0. The molecular weight excluding hydrogens is 617 g/mol. The second-order valence-electron chi connectivity index (χ2n) is 11.7. The third-order valence-electron chi connectivity index (χ3n) is 8.59. The lowest BCUT2D eigenvalue weighted by Crippen LogP contribution is -2.26. The van der Waals surface area contributed by atoms with Gasteiger partial charge in [0.15, 0.2) is 0 Å². The Morgan fingerprint density at radius 2 is 1.27 bits per heavy atom. The summed E-state index contributed by atoms with van der Waals surface area (Å²) in [7, 11) is 0. The number of hydrogen-bond acceptors (Lipinski definition) is 1. The molecule has 0 N–H and O–H groups in total. The Bertz CT molecular complexity index is 1640. The highest BCUT2D eigenvalue weighted by atomic mass is 35.5. The van der Waals surface area contributed by atoms with E-state index in [0.717, 1.165) is 81.3 Å². The number of benzene rings is 4. The first-order valence-corrected chi connectivity index (χ1v) is 15.5. The zero-order valence-corrected chi connectivity index (χ0v) is 25.4. The minimum atomic E-state index is -4.45. The average Bonchev–Trinajstić information content (AvgIpc) is 2.98. The molecule has 0 unspecified atom stereocenters. The number of rotatable bonds is 10. The lowest BCUT2D eigenvalue weighted by atomic mass is 9.77. The van der Waals surface area contributed by atoms with E-state index in [2.05, 4.69) is 11.7 Å². The van der Waals surface area contributed by atoms with E-state index in [1.807, 2.05) is 0 Å². The maximum Gasteiger partial charge on any atom is 0.432 e. The number of ether oxygens (including phenoxy) is 1. The van der Waals surface area contributed by atoms with Crippen molar-refractivity contribution in [3.63, 3.8) is 0 Å². The van der Waals surface area contributed by atoms with Crippen molar-refractivity contribution in [2.75, 3.05) is 0 Å². The Morgan fingerprint density at radius 1 is 0.689 bits per heavy atom. The third-order valence-corrected chi connectivity index (χ3v) is 8.89. The molecule has 1 fully saturated rings. The van der Waals surface area contributed by atoms with Crippen LogP contribution in [0.2, 0.25) is 5.02 Å². The highest BCUT2D eigenvalue weighted by Gasteiger charge is 2.41. The van der Waals surface area contributed by atoms with Crippen LogP contribution in [-0.4, -0.2) is 0 Å². The van der Waals surface area contributed by atoms with Crippen molar-refractivity contribution < 1.29 is 35.5 Å². The Balaban J connectivity index is 1.29. The van der Waals surface area contributed by atoms with Gasteiger partial charge < -0.3 is 4.74 Å². The first-order chi connectivity index (χ1) is 21.5. The molecule has 9 heteroatoms. The second kappa shape index (κ2) is 13.9. The van der Waals surface area contributed by atoms with Crippen LogP contribution in [0, 0.1) is 35.0 Å². The third kappa shape index (κ3) is 7.49. The van der Waals surface area contributed by atoms with Crippen LogP contribution in [0.15, 0.2) is 66.7 Å². The fourth-order valence-electron chi connectivity index (χ4n) is 6.15. The lowest BCUT2D eigenvalue weighted by Gasteiger charge is -2.29.